The van der Waals surface area contributed by atoms with Crippen molar-refractivity contribution in [2.75, 3.05) is 24.5 Å². The molecule has 0 saturated heterocycles. The Hall–Kier alpha value is -1.97. The van der Waals surface area contributed by atoms with Crippen molar-refractivity contribution in [1.82, 2.24) is 5.32 Å². The summed E-state index contributed by atoms with van der Waals surface area (Å²) in [5, 5.41) is 3.16. The minimum Gasteiger partial charge on any atom is -0.370 e. The highest BCUT2D eigenvalue weighted by molar-refractivity contribution is 5.78. The van der Waals surface area contributed by atoms with Crippen molar-refractivity contribution in [1.29, 1.82) is 0 Å². The van der Waals surface area contributed by atoms with Crippen LogP contribution in [0.25, 0.3) is 0 Å². The molecule has 3 N–H and O–H groups in total. The minimum atomic E-state index is 0.494. The third-order valence-corrected chi connectivity index (χ3v) is 3.53. The van der Waals surface area contributed by atoms with E-state index in [-0.39, 0.29) is 0 Å². The highest BCUT2D eigenvalue weighted by atomic mass is 15.2. The van der Waals surface area contributed by atoms with E-state index in [9.17, 15) is 0 Å². The van der Waals surface area contributed by atoms with Crippen LogP contribution in [0.1, 0.15) is 19.4 Å². The number of nitrogens with one attached hydrogen (secondary N) is 1. The van der Waals surface area contributed by atoms with Crippen LogP contribution >= 0.6 is 0 Å². The quantitative estimate of drug-likeness (QED) is 0.489. The zero-order chi connectivity index (χ0) is 14.5. The maximum Gasteiger partial charge on any atom is 0.188 e. The second-order valence-corrected chi connectivity index (χ2v) is 5.46. The number of nitrogens with zero attached hydrogens (tertiary/aromatic N) is 2. The Morgan fingerprint density at radius 1 is 1.50 bits per heavy atom. The van der Waals surface area contributed by atoms with Crippen LogP contribution in [0.5, 0.6) is 0 Å². The van der Waals surface area contributed by atoms with Crippen LogP contribution in [-0.4, -0.2) is 31.6 Å². The molecule has 0 radical (unpaired) electrons. The fraction of sp³-hybridized carbons (Fsp3) is 0.438. The van der Waals surface area contributed by atoms with Crippen LogP contribution in [0.4, 0.5) is 5.69 Å². The summed E-state index contributed by atoms with van der Waals surface area (Å²) < 4.78 is 0. The molecule has 1 heterocycles. The third kappa shape index (κ3) is 3.53. The van der Waals surface area contributed by atoms with Gasteiger partial charge in [0.2, 0.25) is 0 Å². The second kappa shape index (κ2) is 6.46. The van der Waals surface area contributed by atoms with Gasteiger partial charge in [0.1, 0.15) is 0 Å². The number of para-hydroxylation sites is 1. The van der Waals surface area contributed by atoms with E-state index in [1.54, 1.807) is 0 Å². The van der Waals surface area contributed by atoms with Crippen molar-refractivity contribution in [3.05, 3.63) is 42.0 Å². The van der Waals surface area contributed by atoms with E-state index >= 15 is 0 Å². The number of hydrogen-bond donors (Lipinski definition) is 2. The summed E-state index contributed by atoms with van der Waals surface area (Å²) in [4.78, 5) is 6.64. The number of hydrogen-bond acceptors (Lipinski definition) is 2. The zero-order valence-electron chi connectivity index (χ0n) is 12.4. The Balaban J connectivity index is 1.86. The van der Waals surface area contributed by atoms with E-state index in [4.69, 9.17) is 5.73 Å². The van der Waals surface area contributed by atoms with Gasteiger partial charge in [0.25, 0.3) is 0 Å². The molecule has 1 aliphatic heterocycles. The fourth-order valence-corrected chi connectivity index (χ4v) is 2.55. The maximum absolute atomic E-state index is 5.82. The van der Waals surface area contributed by atoms with Gasteiger partial charge in [-0.15, -0.1) is 0 Å². The molecule has 1 aromatic rings. The summed E-state index contributed by atoms with van der Waals surface area (Å²) in [6.45, 7) is 10.3. The summed E-state index contributed by atoms with van der Waals surface area (Å²) in [5.74, 6) is 0.494. The van der Waals surface area contributed by atoms with E-state index in [2.05, 4.69) is 53.0 Å². The van der Waals surface area contributed by atoms with Gasteiger partial charge in [-0.25, -0.2) is 4.99 Å². The molecule has 1 atom stereocenters. The van der Waals surface area contributed by atoms with Crippen molar-refractivity contribution in [3.63, 3.8) is 0 Å². The van der Waals surface area contributed by atoms with Crippen LogP contribution in [0.15, 0.2) is 41.4 Å². The molecule has 0 spiro atoms. The predicted molar refractivity (Wildman–Crippen MR) is 86.3 cm³/mol. The van der Waals surface area contributed by atoms with Gasteiger partial charge in [-0.1, -0.05) is 30.4 Å². The molecule has 1 aromatic carbocycles. The summed E-state index contributed by atoms with van der Waals surface area (Å²) in [7, 11) is 0. The molecule has 0 saturated carbocycles. The molecule has 1 aliphatic rings. The monoisotopic (exact) mass is 272 g/mol. The Morgan fingerprint density at radius 3 is 3.00 bits per heavy atom. The zero-order valence-corrected chi connectivity index (χ0v) is 12.4. The molecule has 2 rings (SSSR count). The Bertz CT molecular complexity index is 507. The van der Waals surface area contributed by atoms with Crippen molar-refractivity contribution in [2.45, 2.75) is 26.3 Å². The van der Waals surface area contributed by atoms with Gasteiger partial charge in [-0.3, -0.25) is 0 Å². The first-order valence-corrected chi connectivity index (χ1v) is 7.10. The number of benzene rings is 1. The van der Waals surface area contributed by atoms with Gasteiger partial charge in [-0.2, -0.15) is 0 Å². The third-order valence-electron chi connectivity index (χ3n) is 3.53. The Morgan fingerprint density at radius 2 is 2.25 bits per heavy atom. The lowest BCUT2D eigenvalue weighted by molar-refractivity contribution is 0.660. The topological polar surface area (TPSA) is 53.6 Å². The second-order valence-electron chi connectivity index (χ2n) is 5.46. The molecule has 4 nitrogen and oxygen atoms in total. The lowest BCUT2D eigenvalue weighted by atomic mass is 10.1. The van der Waals surface area contributed by atoms with Gasteiger partial charge in [-0.05, 0) is 31.9 Å². The number of anilines is 1. The highest BCUT2D eigenvalue weighted by Crippen LogP contribution is 2.30. The Kier molecular flexibility index (Phi) is 4.66. The molecule has 0 aliphatic carbocycles. The first-order valence-electron chi connectivity index (χ1n) is 7.10. The smallest absolute Gasteiger partial charge is 0.188 e. The van der Waals surface area contributed by atoms with E-state index in [1.165, 1.54) is 11.3 Å². The van der Waals surface area contributed by atoms with Crippen molar-refractivity contribution in [3.8, 4) is 0 Å². The van der Waals surface area contributed by atoms with Crippen molar-refractivity contribution >= 4 is 11.6 Å². The van der Waals surface area contributed by atoms with E-state index in [1.807, 2.05) is 6.92 Å². The van der Waals surface area contributed by atoms with Gasteiger partial charge in [0, 0.05) is 24.8 Å². The average Bonchev–Trinajstić information content (AvgIpc) is 2.73. The van der Waals surface area contributed by atoms with Gasteiger partial charge >= 0.3 is 0 Å². The van der Waals surface area contributed by atoms with Crippen LogP contribution in [0.3, 0.4) is 0 Å². The van der Waals surface area contributed by atoms with E-state index < -0.39 is 0 Å². The standard InChI is InChI=1S/C16H24N4/c1-12(2)11-19-16(17)18-8-9-20-13(3)10-14-6-4-5-7-15(14)20/h4-7,13H,1,8-11H2,2-3H3,(H3,17,18,19). The molecule has 0 bridgehead atoms. The molecular weight excluding hydrogens is 248 g/mol. The molecule has 0 fully saturated rings. The first-order chi connectivity index (χ1) is 9.58. The average molecular weight is 272 g/mol. The molecule has 4 heteroatoms. The summed E-state index contributed by atoms with van der Waals surface area (Å²) in [6.07, 6.45) is 1.12. The number of nitrogens with two attached hydrogens (primary N) is 1. The number of fused-ring (bicyclic) bond motifs is 1. The molecular formula is C16H24N4. The SMILES string of the molecule is C=C(C)CN=C(N)NCCN1c2ccccc2CC1C. The van der Waals surface area contributed by atoms with E-state index in [0.29, 0.717) is 18.5 Å². The number of aliphatic imine (C=N–C) groups is 1. The molecule has 0 aromatic heterocycles. The first kappa shape index (κ1) is 14.4. The normalized spacial score (nSPS) is 18.0. The summed E-state index contributed by atoms with van der Waals surface area (Å²) in [5.41, 5.74) is 9.61. The van der Waals surface area contributed by atoms with E-state index in [0.717, 1.165) is 25.1 Å². The summed E-state index contributed by atoms with van der Waals surface area (Å²) in [6, 6.07) is 9.15. The van der Waals surface area contributed by atoms with Crippen LogP contribution in [0, 0.1) is 0 Å². The molecule has 108 valence electrons. The predicted octanol–water partition coefficient (Wildman–Crippen LogP) is 1.92. The van der Waals surface area contributed by atoms with Crippen LogP contribution < -0.4 is 16.0 Å². The lowest BCUT2D eigenvalue weighted by Gasteiger charge is -2.25. The number of rotatable bonds is 5. The largest absolute Gasteiger partial charge is 0.370 e. The molecule has 1 unspecified atom stereocenters. The van der Waals surface area contributed by atoms with Crippen molar-refractivity contribution in [2.24, 2.45) is 10.7 Å². The summed E-state index contributed by atoms with van der Waals surface area (Å²) >= 11 is 0. The molecule has 0 amide bonds. The molecule has 20 heavy (non-hydrogen) atoms. The Labute approximate surface area is 121 Å². The maximum atomic E-state index is 5.82. The highest BCUT2D eigenvalue weighted by Gasteiger charge is 2.24. The lowest BCUT2D eigenvalue weighted by Crippen LogP contribution is -2.40. The van der Waals surface area contributed by atoms with Gasteiger partial charge < -0.3 is 16.0 Å². The van der Waals surface area contributed by atoms with Crippen LogP contribution in [-0.2, 0) is 6.42 Å². The van der Waals surface area contributed by atoms with Crippen molar-refractivity contribution < 1.29 is 0 Å². The fourth-order valence-electron chi connectivity index (χ4n) is 2.55. The number of guanidine groups is 1. The minimum absolute atomic E-state index is 0.494. The van der Waals surface area contributed by atoms with Gasteiger partial charge in [0.05, 0.1) is 6.54 Å². The van der Waals surface area contributed by atoms with Crippen LogP contribution in [0.2, 0.25) is 0 Å². The van der Waals surface area contributed by atoms with Gasteiger partial charge in [0.15, 0.2) is 5.96 Å².